The third-order valence-electron chi connectivity index (χ3n) is 3.51. The predicted molar refractivity (Wildman–Crippen MR) is 57.5 cm³/mol. The summed E-state index contributed by atoms with van der Waals surface area (Å²) in [5.74, 6) is -0.399. The van der Waals surface area contributed by atoms with Crippen molar-refractivity contribution in [3.05, 3.63) is 0 Å². The van der Waals surface area contributed by atoms with Gasteiger partial charge in [-0.15, -0.1) is 0 Å². The molecule has 0 amide bonds. The van der Waals surface area contributed by atoms with E-state index in [0.717, 1.165) is 32.1 Å². The summed E-state index contributed by atoms with van der Waals surface area (Å²) in [4.78, 5) is 0. The average Bonchev–Trinajstić information content (AvgIpc) is 2.46. The zero-order valence-corrected chi connectivity index (χ0v) is 9.95. The van der Waals surface area contributed by atoms with Crippen molar-refractivity contribution in [3.8, 4) is 0 Å². The topological polar surface area (TPSA) is 38.7 Å². The Morgan fingerprint density at radius 1 is 1.27 bits per heavy atom. The summed E-state index contributed by atoms with van der Waals surface area (Å²) in [6, 6.07) is 0. The van der Waals surface area contributed by atoms with Crippen LogP contribution in [0.3, 0.4) is 0 Å². The zero-order valence-electron chi connectivity index (χ0n) is 9.95. The molecule has 0 bridgehead atoms. The van der Waals surface area contributed by atoms with E-state index in [-0.39, 0.29) is 11.7 Å². The Balaban J connectivity index is 2.03. The maximum absolute atomic E-state index is 9.52. The van der Waals surface area contributed by atoms with E-state index in [9.17, 15) is 5.11 Å². The van der Waals surface area contributed by atoms with Crippen molar-refractivity contribution < 1.29 is 14.6 Å². The predicted octanol–water partition coefficient (Wildman–Crippen LogP) is 2.22. The molecule has 0 aromatic heterocycles. The smallest absolute Gasteiger partial charge is 0.169 e. The fourth-order valence-electron chi connectivity index (χ4n) is 2.74. The van der Waals surface area contributed by atoms with Crippen LogP contribution in [-0.2, 0) is 9.47 Å². The van der Waals surface area contributed by atoms with Gasteiger partial charge in [0.05, 0.1) is 17.8 Å². The molecule has 0 aromatic carbocycles. The molecule has 2 aliphatic heterocycles. The summed E-state index contributed by atoms with van der Waals surface area (Å²) < 4.78 is 12.0. The Morgan fingerprint density at radius 2 is 2.00 bits per heavy atom. The summed E-state index contributed by atoms with van der Waals surface area (Å²) in [5, 5.41) is 9.52. The molecule has 0 saturated carbocycles. The molecule has 2 rings (SSSR count). The fraction of sp³-hybridized carbons (Fsp3) is 1.00. The van der Waals surface area contributed by atoms with Gasteiger partial charge in [-0.2, -0.15) is 0 Å². The second-order valence-electron chi connectivity index (χ2n) is 5.56. The van der Waals surface area contributed by atoms with Gasteiger partial charge in [-0.05, 0) is 40.0 Å². The molecule has 0 aromatic rings. The molecule has 0 unspecified atom stereocenters. The highest BCUT2D eigenvalue weighted by atomic mass is 16.7. The maximum Gasteiger partial charge on any atom is 0.169 e. The van der Waals surface area contributed by atoms with Crippen LogP contribution in [0.1, 0.15) is 52.9 Å². The first-order valence-corrected chi connectivity index (χ1v) is 5.99. The Bertz CT molecular complexity index is 237. The van der Waals surface area contributed by atoms with Crippen LogP contribution in [0.2, 0.25) is 0 Å². The lowest BCUT2D eigenvalue weighted by Crippen LogP contribution is -2.46. The summed E-state index contributed by atoms with van der Waals surface area (Å²) in [5.41, 5.74) is -0.0775. The van der Waals surface area contributed by atoms with Crippen LogP contribution in [0, 0.1) is 0 Å². The van der Waals surface area contributed by atoms with Crippen molar-refractivity contribution in [3.63, 3.8) is 0 Å². The van der Waals surface area contributed by atoms with Gasteiger partial charge in [0, 0.05) is 12.8 Å². The quantitative estimate of drug-likeness (QED) is 0.727. The van der Waals surface area contributed by atoms with Crippen LogP contribution in [0.4, 0.5) is 0 Å². The van der Waals surface area contributed by atoms with Gasteiger partial charge in [-0.25, -0.2) is 0 Å². The Kier molecular flexibility index (Phi) is 2.82. The number of aliphatic hydroxyl groups is 1. The van der Waals surface area contributed by atoms with Crippen molar-refractivity contribution in [2.24, 2.45) is 0 Å². The second kappa shape index (κ2) is 3.72. The molecule has 2 fully saturated rings. The number of rotatable bonds is 1. The molecule has 15 heavy (non-hydrogen) atoms. The highest BCUT2D eigenvalue weighted by molar-refractivity contribution is 4.90. The second-order valence-corrected chi connectivity index (χ2v) is 5.56. The van der Waals surface area contributed by atoms with E-state index in [1.807, 2.05) is 0 Å². The molecule has 1 N–H and O–H groups in total. The first-order valence-electron chi connectivity index (χ1n) is 5.99. The van der Waals surface area contributed by atoms with Gasteiger partial charge >= 0.3 is 0 Å². The van der Waals surface area contributed by atoms with Gasteiger partial charge in [0.1, 0.15) is 0 Å². The van der Waals surface area contributed by atoms with E-state index in [2.05, 4.69) is 13.8 Å². The van der Waals surface area contributed by atoms with Crippen LogP contribution in [-0.4, -0.2) is 28.7 Å². The van der Waals surface area contributed by atoms with Gasteiger partial charge in [-0.1, -0.05) is 0 Å². The van der Waals surface area contributed by atoms with Crippen molar-refractivity contribution >= 4 is 0 Å². The van der Waals surface area contributed by atoms with Crippen LogP contribution < -0.4 is 0 Å². The van der Waals surface area contributed by atoms with Crippen LogP contribution >= 0.6 is 0 Å². The lowest BCUT2D eigenvalue weighted by Gasteiger charge is -2.43. The Hall–Kier alpha value is -0.120. The van der Waals surface area contributed by atoms with Crippen molar-refractivity contribution in [1.29, 1.82) is 0 Å². The molecule has 3 heteroatoms. The van der Waals surface area contributed by atoms with E-state index in [4.69, 9.17) is 9.47 Å². The normalized spacial score (nSPS) is 42.0. The van der Waals surface area contributed by atoms with E-state index in [1.54, 1.807) is 6.92 Å². The molecule has 3 atom stereocenters. The minimum Gasteiger partial charge on any atom is -0.391 e. The Morgan fingerprint density at radius 3 is 2.53 bits per heavy atom. The van der Waals surface area contributed by atoms with Gasteiger partial charge in [0.15, 0.2) is 5.79 Å². The van der Waals surface area contributed by atoms with Crippen LogP contribution in [0.25, 0.3) is 0 Å². The van der Waals surface area contributed by atoms with Crippen LogP contribution in [0.5, 0.6) is 0 Å². The minimum atomic E-state index is -0.399. The molecule has 88 valence electrons. The third-order valence-corrected chi connectivity index (χ3v) is 3.51. The average molecular weight is 214 g/mol. The SMILES string of the molecule is C[C@H](O)[C@H]1CC[C@]2(CCCC(C)(C)O2)O1. The van der Waals surface area contributed by atoms with Crippen molar-refractivity contribution in [2.75, 3.05) is 0 Å². The molecular weight excluding hydrogens is 192 g/mol. The highest BCUT2D eigenvalue weighted by Gasteiger charge is 2.48. The molecule has 2 heterocycles. The molecule has 2 aliphatic rings. The summed E-state index contributed by atoms with van der Waals surface area (Å²) in [7, 11) is 0. The molecule has 0 radical (unpaired) electrons. The first kappa shape index (κ1) is 11.4. The minimum absolute atomic E-state index is 0.0427. The van der Waals surface area contributed by atoms with Crippen LogP contribution in [0.15, 0.2) is 0 Å². The van der Waals surface area contributed by atoms with Gasteiger partial charge in [-0.3, -0.25) is 0 Å². The first-order chi connectivity index (χ1) is 6.93. The zero-order chi connectivity index (χ0) is 11.1. The molecule has 1 spiro atoms. The standard InChI is InChI=1S/C12H22O3/c1-9(13)10-5-8-12(14-10)7-4-6-11(2,3)15-12/h9-10,13H,4-8H2,1-3H3/t9-,10+,12+/m0/s1. The van der Waals surface area contributed by atoms with E-state index >= 15 is 0 Å². The van der Waals surface area contributed by atoms with Gasteiger partial charge in [0.25, 0.3) is 0 Å². The number of hydrogen-bond donors (Lipinski definition) is 1. The van der Waals surface area contributed by atoms with E-state index < -0.39 is 11.9 Å². The van der Waals surface area contributed by atoms with E-state index in [1.165, 1.54) is 0 Å². The van der Waals surface area contributed by atoms with Crippen molar-refractivity contribution in [2.45, 2.75) is 76.5 Å². The fourth-order valence-corrected chi connectivity index (χ4v) is 2.74. The van der Waals surface area contributed by atoms with Gasteiger partial charge in [0.2, 0.25) is 0 Å². The summed E-state index contributed by atoms with van der Waals surface area (Å²) in [6.07, 6.45) is 4.62. The molecule has 2 saturated heterocycles. The monoisotopic (exact) mass is 214 g/mol. The third kappa shape index (κ3) is 2.35. The highest BCUT2D eigenvalue weighted by Crippen LogP contribution is 2.44. The summed E-state index contributed by atoms with van der Waals surface area (Å²) in [6.45, 7) is 6.03. The van der Waals surface area contributed by atoms with Gasteiger partial charge < -0.3 is 14.6 Å². The number of hydrogen-bond acceptors (Lipinski definition) is 3. The summed E-state index contributed by atoms with van der Waals surface area (Å²) >= 11 is 0. The van der Waals surface area contributed by atoms with E-state index in [0.29, 0.717) is 0 Å². The number of ether oxygens (including phenoxy) is 2. The molecule has 0 aliphatic carbocycles. The Labute approximate surface area is 91.8 Å². The lowest BCUT2D eigenvalue weighted by atomic mass is 9.92. The molecule has 3 nitrogen and oxygen atoms in total. The molecular formula is C12H22O3. The largest absolute Gasteiger partial charge is 0.391 e. The van der Waals surface area contributed by atoms with Crippen molar-refractivity contribution in [1.82, 2.24) is 0 Å². The maximum atomic E-state index is 9.52. The lowest BCUT2D eigenvalue weighted by molar-refractivity contribution is -0.300. The number of aliphatic hydroxyl groups excluding tert-OH is 1.